The van der Waals surface area contributed by atoms with Crippen LogP contribution >= 0.6 is 0 Å². The van der Waals surface area contributed by atoms with Crippen LogP contribution in [0.5, 0.6) is 5.88 Å². The highest BCUT2D eigenvalue weighted by molar-refractivity contribution is 6.10. The van der Waals surface area contributed by atoms with E-state index in [9.17, 15) is 4.79 Å². The predicted molar refractivity (Wildman–Crippen MR) is 77.7 cm³/mol. The van der Waals surface area contributed by atoms with E-state index in [1.165, 1.54) is 13.3 Å². The van der Waals surface area contributed by atoms with Gasteiger partial charge in [0.15, 0.2) is 5.84 Å². The molecule has 1 aromatic carbocycles. The number of oxime groups is 1. The van der Waals surface area contributed by atoms with Crippen LogP contribution < -0.4 is 15.8 Å². The highest BCUT2D eigenvalue weighted by Crippen LogP contribution is 2.19. The summed E-state index contributed by atoms with van der Waals surface area (Å²) in [6, 6.07) is 9.94. The lowest BCUT2D eigenvalue weighted by Crippen LogP contribution is -2.19. The van der Waals surface area contributed by atoms with Crippen molar-refractivity contribution in [1.82, 2.24) is 4.98 Å². The first-order valence-electron chi connectivity index (χ1n) is 6.04. The smallest absolute Gasteiger partial charge is 0.261 e. The molecule has 0 aliphatic carbocycles. The van der Waals surface area contributed by atoms with Gasteiger partial charge in [-0.15, -0.1) is 0 Å². The maximum absolute atomic E-state index is 12.3. The Hall–Kier alpha value is -3.09. The molecule has 0 aliphatic heterocycles. The highest BCUT2D eigenvalue weighted by Gasteiger charge is 2.15. The molecule has 0 spiro atoms. The van der Waals surface area contributed by atoms with Gasteiger partial charge in [-0.1, -0.05) is 17.3 Å². The molecule has 2 aromatic rings. The summed E-state index contributed by atoms with van der Waals surface area (Å²) in [5.41, 5.74) is 6.70. The predicted octanol–water partition coefficient (Wildman–Crippen LogP) is 1.44. The fraction of sp³-hybridized carbons (Fsp3) is 0.0714. The molecule has 2 rings (SSSR count). The fourth-order valence-corrected chi connectivity index (χ4v) is 1.79. The number of carbonyl (C=O) groups is 1. The SMILES string of the molecule is COc1ncccc1C(=O)Nc1ccccc1C(N)=NO. The molecule has 0 bridgehead atoms. The number of pyridine rings is 1. The Balaban J connectivity index is 2.32. The minimum Gasteiger partial charge on any atom is -0.480 e. The Morgan fingerprint density at radius 3 is 2.71 bits per heavy atom. The molecule has 21 heavy (non-hydrogen) atoms. The molecule has 0 saturated carbocycles. The van der Waals surface area contributed by atoms with Gasteiger partial charge >= 0.3 is 0 Å². The number of aromatic nitrogens is 1. The van der Waals surface area contributed by atoms with E-state index in [1.807, 2.05) is 0 Å². The molecule has 0 saturated heterocycles. The van der Waals surface area contributed by atoms with Crippen LogP contribution in [0.1, 0.15) is 15.9 Å². The molecule has 0 atom stereocenters. The number of ether oxygens (including phenoxy) is 1. The standard InChI is InChI=1S/C14H14N4O3/c1-21-14-10(6-4-8-16-14)13(19)17-11-7-3-2-5-9(11)12(15)18-20/h2-8,20H,1H3,(H2,15,18)(H,17,19). The van der Waals surface area contributed by atoms with Gasteiger partial charge in [0.1, 0.15) is 5.56 Å². The van der Waals surface area contributed by atoms with Crippen LogP contribution in [0.25, 0.3) is 0 Å². The number of hydrogen-bond acceptors (Lipinski definition) is 5. The van der Waals surface area contributed by atoms with E-state index in [-0.39, 0.29) is 17.3 Å². The number of rotatable bonds is 4. The molecule has 1 aromatic heterocycles. The first-order chi connectivity index (χ1) is 10.2. The maximum Gasteiger partial charge on any atom is 0.261 e. The van der Waals surface area contributed by atoms with Gasteiger partial charge in [-0.2, -0.15) is 0 Å². The number of nitrogens with zero attached hydrogens (tertiary/aromatic N) is 2. The summed E-state index contributed by atoms with van der Waals surface area (Å²) in [7, 11) is 1.43. The van der Waals surface area contributed by atoms with Crippen molar-refractivity contribution in [2.75, 3.05) is 12.4 Å². The number of nitrogens with one attached hydrogen (secondary N) is 1. The quantitative estimate of drug-likeness (QED) is 0.341. The van der Waals surface area contributed by atoms with Gasteiger partial charge in [0.05, 0.1) is 12.8 Å². The average Bonchev–Trinajstić information content (AvgIpc) is 2.54. The number of amides is 1. The van der Waals surface area contributed by atoms with Crippen molar-refractivity contribution in [2.24, 2.45) is 10.9 Å². The second-order valence-electron chi connectivity index (χ2n) is 4.05. The third-order valence-corrected chi connectivity index (χ3v) is 2.77. The zero-order valence-electron chi connectivity index (χ0n) is 11.3. The molecule has 108 valence electrons. The molecule has 1 heterocycles. The number of carbonyl (C=O) groups excluding carboxylic acids is 1. The molecule has 0 fully saturated rings. The average molecular weight is 286 g/mol. The first kappa shape index (κ1) is 14.3. The Kier molecular flexibility index (Phi) is 4.35. The van der Waals surface area contributed by atoms with Crippen LogP contribution in [0, 0.1) is 0 Å². The van der Waals surface area contributed by atoms with Crippen molar-refractivity contribution in [1.29, 1.82) is 0 Å². The highest BCUT2D eigenvalue weighted by atomic mass is 16.5. The van der Waals surface area contributed by atoms with Crippen molar-refractivity contribution in [3.8, 4) is 5.88 Å². The molecule has 1 amide bonds. The molecule has 0 radical (unpaired) electrons. The molecule has 4 N–H and O–H groups in total. The van der Waals surface area contributed by atoms with E-state index >= 15 is 0 Å². The third-order valence-electron chi connectivity index (χ3n) is 2.77. The Labute approximate surface area is 121 Å². The van der Waals surface area contributed by atoms with Crippen molar-refractivity contribution >= 4 is 17.4 Å². The van der Waals surface area contributed by atoms with E-state index in [4.69, 9.17) is 15.7 Å². The van der Waals surface area contributed by atoms with Crippen LogP contribution in [0.3, 0.4) is 0 Å². The third kappa shape index (κ3) is 3.08. The maximum atomic E-state index is 12.3. The minimum atomic E-state index is -0.405. The molecular formula is C14H14N4O3. The summed E-state index contributed by atoms with van der Waals surface area (Å²) in [5.74, 6) is -0.279. The molecular weight excluding hydrogens is 272 g/mol. The van der Waals surface area contributed by atoms with Gasteiger partial charge in [0, 0.05) is 11.8 Å². The Bertz CT molecular complexity index is 685. The second kappa shape index (κ2) is 6.38. The van der Waals surface area contributed by atoms with E-state index in [1.54, 1.807) is 36.4 Å². The number of methoxy groups -OCH3 is 1. The summed E-state index contributed by atoms with van der Waals surface area (Å²) in [6.07, 6.45) is 1.53. The number of nitrogens with two attached hydrogens (primary N) is 1. The van der Waals surface area contributed by atoms with Gasteiger partial charge < -0.3 is 21.0 Å². The summed E-state index contributed by atoms with van der Waals surface area (Å²) >= 11 is 0. The topological polar surface area (TPSA) is 110 Å². The van der Waals surface area contributed by atoms with Gasteiger partial charge in [0.2, 0.25) is 5.88 Å². The van der Waals surface area contributed by atoms with E-state index in [0.717, 1.165) is 0 Å². The zero-order chi connectivity index (χ0) is 15.2. The van der Waals surface area contributed by atoms with Crippen LogP contribution in [-0.2, 0) is 0 Å². The lowest BCUT2D eigenvalue weighted by Gasteiger charge is -2.11. The van der Waals surface area contributed by atoms with Crippen molar-refractivity contribution in [2.45, 2.75) is 0 Å². The van der Waals surface area contributed by atoms with Crippen molar-refractivity contribution in [3.63, 3.8) is 0 Å². The summed E-state index contributed by atoms with van der Waals surface area (Å²) in [6.45, 7) is 0. The number of para-hydroxylation sites is 1. The summed E-state index contributed by atoms with van der Waals surface area (Å²) in [5, 5.41) is 14.4. The monoisotopic (exact) mass is 286 g/mol. The largest absolute Gasteiger partial charge is 0.480 e. The van der Waals surface area contributed by atoms with Crippen molar-refractivity contribution in [3.05, 3.63) is 53.7 Å². The number of benzene rings is 1. The van der Waals surface area contributed by atoms with Crippen LogP contribution in [0.2, 0.25) is 0 Å². The van der Waals surface area contributed by atoms with E-state index in [0.29, 0.717) is 11.3 Å². The van der Waals surface area contributed by atoms with Crippen LogP contribution in [-0.4, -0.2) is 29.0 Å². The van der Waals surface area contributed by atoms with Crippen molar-refractivity contribution < 1.29 is 14.7 Å². The Morgan fingerprint density at radius 2 is 2.00 bits per heavy atom. The van der Waals surface area contributed by atoms with E-state index < -0.39 is 5.91 Å². The minimum absolute atomic E-state index is 0.0935. The normalized spacial score (nSPS) is 11.0. The zero-order valence-corrected chi connectivity index (χ0v) is 11.3. The summed E-state index contributed by atoms with van der Waals surface area (Å²) < 4.78 is 5.04. The number of anilines is 1. The first-order valence-corrected chi connectivity index (χ1v) is 6.04. The van der Waals surface area contributed by atoms with E-state index in [2.05, 4.69) is 15.5 Å². The molecule has 0 unspecified atom stereocenters. The molecule has 7 nitrogen and oxygen atoms in total. The number of hydrogen-bond donors (Lipinski definition) is 3. The molecule has 0 aliphatic rings. The fourth-order valence-electron chi connectivity index (χ4n) is 1.79. The second-order valence-corrected chi connectivity index (χ2v) is 4.05. The summed E-state index contributed by atoms with van der Waals surface area (Å²) in [4.78, 5) is 16.2. The Morgan fingerprint density at radius 1 is 1.29 bits per heavy atom. The van der Waals surface area contributed by atoms with Crippen LogP contribution in [0.15, 0.2) is 47.8 Å². The molecule has 7 heteroatoms. The van der Waals surface area contributed by atoms with Gasteiger partial charge in [-0.25, -0.2) is 4.98 Å². The van der Waals surface area contributed by atoms with Gasteiger partial charge in [0.25, 0.3) is 5.91 Å². The lowest BCUT2D eigenvalue weighted by atomic mass is 10.1. The van der Waals surface area contributed by atoms with Crippen LogP contribution in [0.4, 0.5) is 5.69 Å². The number of amidine groups is 1. The van der Waals surface area contributed by atoms with Gasteiger partial charge in [-0.05, 0) is 24.3 Å². The van der Waals surface area contributed by atoms with Gasteiger partial charge in [-0.3, -0.25) is 4.79 Å². The lowest BCUT2D eigenvalue weighted by molar-refractivity contribution is 0.102.